The minimum Gasteiger partial charge on any atom is -0.490 e. The molecule has 0 spiro atoms. The van der Waals surface area contributed by atoms with Crippen LogP contribution in [0.1, 0.15) is 37.8 Å². The van der Waals surface area contributed by atoms with E-state index in [2.05, 4.69) is 26.0 Å². The first-order chi connectivity index (χ1) is 10.4. The van der Waals surface area contributed by atoms with Crippen molar-refractivity contribution in [3.05, 3.63) is 29.3 Å². The highest BCUT2D eigenvalue weighted by Crippen LogP contribution is 2.22. The van der Waals surface area contributed by atoms with Crippen molar-refractivity contribution in [1.82, 2.24) is 4.90 Å². The van der Waals surface area contributed by atoms with Crippen LogP contribution in [0.15, 0.2) is 18.2 Å². The number of benzene rings is 1. The molecule has 1 amide bonds. The van der Waals surface area contributed by atoms with Crippen molar-refractivity contribution in [2.45, 2.75) is 52.7 Å². The van der Waals surface area contributed by atoms with Crippen LogP contribution in [0.4, 0.5) is 0 Å². The summed E-state index contributed by atoms with van der Waals surface area (Å²) in [7, 11) is 0. The molecule has 22 heavy (non-hydrogen) atoms. The smallest absolute Gasteiger partial charge is 0.239 e. The SMILES string of the molecule is Cc1ccc(OC2CCN(C(=O)[C@H](N)C(C)C)CC2)cc1C. The van der Waals surface area contributed by atoms with Gasteiger partial charge in [0.05, 0.1) is 6.04 Å². The van der Waals surface area contributed by atoms with E-state index in [0.29, 0.717) is 0 Å². The van der Waals surface area contributed by atoms with Gasteiger partial charge >= 0.3 is 0 Å². The normalized spacial score (nSPS) is 17.6. The Kier molecular flexibility index (Phi) is 5.46. The van der Waals surface area contributed by atoms with Gasteiger partial charge in [-0.25, -0.2) is 0 Å². The van der Waals surface area contributed by atoms with Gasteiger partial charge in [-0.3, -0.25) is 4.79 Å². The zero-order valence-electron chi connectivity index (χ0n) is 14.1. The lowest BCUT2D eigenvalue weighted by Gasteiger charge is -2.34. The molecule has 122 valence electrons. The van der Waals surface area contributed by atoms with Crippen molar-refractivity contribution >= 4 is 5.91 Å². The summed E-state index contributed by atoms with van der Waals surface area (Å²) in [5.41, 5.74) is 8.47. The molecule has 1 aromatic rings. The number of ether oxygens (including phenoxy) is 1. The van der Waals surface area contributed by atoms with Crippen LogP contribution in [0, 0.1) is 19.8 Å². The number of carbonyl (C=O) groups is 1. The number of likely N-dealkylation sites (tertiary alicyclic amines) is 1. The minimum absolute atomic E-state index is 0.0691. The van der Waals surface area contributed by atoms with E-state index in [1.807, 2.05) is 24.8 Å². The molecule has 2 N–H and O–H groups in total. The van der Waals surface area contributed by atoms with E-state index < -0.39 is 6.04 Å². The highest BCUT2D eigenvalue weighted by Gasteiger charge is 2.28. The molecule has 0 bridgehead atoms. The van der Waals surface area contributed by atoms with Gasteiger partial charge in [-0.2, -0.15) is 0 Å². The topological polar surface area (TPSA) is 55.6 Å². The van der Waals surface area contributed by atoms with Gasteiger partial charge in [0.15, 0.2) is 0 Å². The maximum atomic E-state index is 12.2. The Morgan fingerprint density at radius 1 is 1.23 bits per heavy atom. The summed E-state index contributed by atoms with van der Waals surface area (Å²) >= 11 is 0. The van der Waals surface area contributed by atoms with Gasteiger partial charge < -0.3 is 15.4 Å². The van der Waals surface area contributed by atoms with Crippen LogP contribution >= 0.6 is 0 Å². The summed E-state index contributed by atoms with van der Waals surface area (Å²) in [4.78, 5) is 14.1. The van der Waals surface area contributed by atoms with Gasteiger partial charge in [-0.15, -0.1) is 0 Å². The lowest BCUT2D eigenvalue weighted by Crippen LogP contribution is -2.50. The number of aryl methyl sites for hydroxylation is 2. The van der Waals surface area contributed by atoms with Crippen molar-refractivity contribution < 1.29 is 9.53 Å². The molecule has 1 fully saturated rings. The lowest BCUT2D eigenvalue weighted by atomic mass is 10.0. The minimum atomic E-state index is -0.391. The molecular formula is C18H28N2O2. The van der Waals surface area contributed by atoms with E-state index in [0.717, 1.165) is 31.7 Å². The number of hydrogen-bond acceptors (Lipinski definition) is 3. The molecule has 0 saturated carbocycles. The maximum Gasteiger partial charge on any atom is 0.239 e. The molecular weight excluding hydrogens is 276 g/mol. The third-order valence-corrected chi connectivity index (χ3v) is 4.54. The van der Waals surface area contributed by atoms with Crippen LogP contribution in [0.3, 0.4) is 0 Å². The van der Waals surface area contributed by atoms with Gasteiger partial charge in [-0.05, 0) is 43.0 Å². The van der Waals surface area contributed by atoms with Crippen molar-refractivity contribution in [1.29, 1.82) is 0 Å². The van der Waals surface area contributed by atoms with Crippen molar-refractivity contribution in [3.8, 4) is 5.75 Å². The highest BCUT2D eigenvalue weighted by molar-refractivity contribution is 5.82. The maximum absolute atomic E-state index is 12.2. The van der Waals surface area contributed by atoms with Crippen molar-refractivity contribution in [2.75, 3.05) is 13.1 Å². The third-order valence-electron chi connectivity index (χ3n) is 4.54. The summed E-state index contributed by atoms with van der Waals surface area (Å²) in [5.74, 6) is 1.17. The summed E-state index contributed by atoms with van der Waals surface area (Å²) in [6, 6.07) is 5.80. The molecule has 2 rings (SSSR count). The van der Waals surface area contributed by atoms with Gasteiger partial charge in [0.25, 0.3) is 0 Å². The third kappa shape index (κ3) is 4.01. The van der Waals surface area contributed by atoms with Crippen molar-refractivity contribution in [2.24, 2.45) is 11.7 Å². The van der Waals surface area contributed by atoms with Gasteiger partial charge in [0.2, 0.25) is 5.91 Å². The number of hydrogen-bond donors (Lipinski definition) is 1. The lowest BCUT2D eigenvalue weighted by molar-refractivity contribution is -0.135. The fourth-order valence-corrected chi connectivity index (χ4v) is 2.67. The Balaban J connectivity index is 1.87. The average molecular weight is 304 g/mol. The number of nitrogens with zero attached hydrogens (tertiary/aromatic N) is 1. The fraction of sp³-hybridized carbons (Fsp3) is 0.611. The van der Waals surface area contributed by atoms with Gasteiger partial charge in [-0.1, -0.05) is 19.9 Å². The van der Waals surface area contributed by atoms with E-state index in [9.17, 15) is 4.79 Å². The second-order valence-corrected chi connectivity index (χ2v) is 6.66. The molecule has 0 radical (unpaired) electrons. The predicted octanol–water partition coefficient (Wildman–Crippen LogP) is 2.66. The molecule has 4 nitrogen and oxygen atoms in total. The molecule has 1 aliphatic heterocycles. The zero-order chi connectivity index (χ0) is 16.3. The molecule has 1 aromatic carbocycles. The first-order valence-corrected chi connectivity index (χ1v) is 8.16. The van der Waals surface area contributed by atoms with Gasteiger partial charge in [0.1, 0.15) is 11.9 Å². The summed E-state index contributed by atoms with van der Waals surface area (Å²) in [6.45, 7) is 9.62. The Hall–Kier alpha value is -1.55. The molecule has 1 heterocycles. The van der Waals surface area contributed by atoms with E-state index in [1.54, 1.807) is 0 Å². The number of carbonyl (C=O) groups excluding carboxylic acids is 1. The van der Waals surface area contributed by atoms with Crippen molar-refractivity contribution in [3.63, 3.8) is 0 Å². The molecule has 1 aliphatic rings. The van der Waals surface area contributed by atoms with Crippen LogP contribution < -0.4 is 10.5 Å². The molecule has 0 aliphatic carbocycles. The van der Waals surface area contributed by atoms with E-state index in [-0.39, 0.29) is 17.9 Å². The highest BCUT2D eigenvalue weighted by atomic mass is 16.5. The standard InChI is InChI=1S/C18H28N2O2/c1-12(2)17(19)18(21)20-9-7-15(8-10-20)22-16-6-5-13(3)14(4)11-16/h5-6,11-12,15,17H,7-10,19H2,1-4H3/t17-/m1/s1. The van der Waals surface area contributed by atoms with Gasteiger partial charge in [0, 0.05) is 25.9 Å². The van der Waals surface area contributed by atoms with E-state index in [4.69, 9.17) is 10.5 Å². The van der Waals surface area contributed by atoms with Crippen LogP contribution in [0.2, 0.25) is 0 Å². The number of piperidine rings is 1. The Morgan fingerprint density at radius 3 is 2.41 bits per heavy atom. The summed E-state index contributed by atoms with van der Waals surface area (Å²) < 4.78 is 6.06. The second-order valence-electron chi connectivity index (χ2n) is 6.66. The first-order valence-electron chi connectivity index (χ1n) is 8.16. The van der Waals surface area contributed by atoms with Crippen LogP contribution in [0.25, 0.3) is 0 Å². The number of amides is 1. The monoisotopic (exact) mass is 304 g/mol. The largest absolute Gasteiger partial charge is 0.490 e. The van der Waals surface area contributed by atoms with E-state index in [1.165, 1.54) is 11.1 Å². The van der Waals surface area contributed by atoms with Crippen LogP contribution in [0.5, 0.6) is 5.75 Å². The average Bonchev–Trinajstić information content (AvgIpc) is 2.50. The molecule has 1 saturated heterocycles. The Labute approximate surface area is 133 Å². The molecule has 1 atom stereocenters. The second kappa shape index (κ2) is 7.14. The summed E-state index contributed by atoms with van der Waals surface area (Å²) in [5, 5.41) is 0. The number of rotatable bonds is 4. The van der Waals surface area contributed by atoms with Crippen LogP contribution in [-0.2, 0) is 4.79 Å². The first kappa shape index (κ1) is 16.8. The molecule has 0 unspecified atom stereocenters. The zero-order valence-corrected chi connectivity index (χ0v) is 14.1. The molecule has 0 aromatic heterocycles. The number of nitrogens with two attached hydrogens (primary N) is 1. The van der Waals surface area contributed by atoms with E-state index >= 15 is 0 Å². The quantitative estimate of drug-likeness (QED) is 0.930. The summed E-state index contributed by atoms with van der Waals surface area (Å²) in [6.07, 6.45) is 1.91. The Bertz CT molecular complexity index is 520. The predicted molar refractivity (Wildman–Crippen MR) is 89.0 cm³/mol. The fourth-order valence-electron chi connectivity index (χ4n) is 2.67. The van der Waals surface area contributed by atoms with Crippen LogP contribution in [-0.4, -0.2) is 36.0 Å². The molecule has 4 heteroatoms. The Morgan fingerprint density at radius 2 is 1.86 bits per heavy atom.